The molecule has 2 N–H and O–H groups in total. The van der Waals surface area contributed by atoms with Gasteiger partial charge in [0.1, 0.15) is 4.90 Å². The SMILES string of the molecule is O=S(=O)(N[C@@H]1C=C[C@H](CO)C1)c1cccc(Cl)c1F. The molecule has 0 saturated carbocycles. The molecule has 2 atom stereocenters. The molecular formula is C12H13ClFNO3S. The molecule has 0 amide bonds. The number of rotatable bonds is 4. The van der Waals surface area contributed by atoms with Crippen LogP contribution in [0.25, 0.3) is 0 Å². The molecule has 0 spiro atoms. The molecule has 2 rings (SSSR count). The molecule has 1 aliphatic carbocycles. The summed E-state index contributed by atoms with van der Waals surface area (Å²) in [4.78, 5) is -0.471. The Morgan fingerprint density at radius 3 is 2.79 bits per heavy atom. The second-order valence-corrected chi connectivity index (χ2v) is 6.43. The topological polar surface area (TPSA) is 66.4 Å². The summed E-state index contributed by atoms with van der Waals surface area (Å²) in [5, 5.41) is 8.74. The van der Waals surface area contributed by atoms with Crippen molar-refractivity contribution >= 4 is 21.6 Å². The Bertz CT molecular complexity index is 603. The van der Waals surface area contributed by atoms with Gasteiger partial charge in [-0.25, -0.2) is 17.5 Å². The lowest BCUT2D eigenvalue weighted by Gasteiger charge is -2.13. The Morgan fingerprint density at radius 1 is 1.42 bits per heavy atom. The monoisotopic (exact) mass is 305 g/mol. The number of aliphatic hydroxyl groups excluding tert-OH is 1. The van der Waals surface area contributed by atoms with Gasteiger partial charge in [-0.3, -0.25) is 0 Å². The molecule has 7 heteroatoms. The highest BCUT2D eigenvalue weighted by atomic mass is 35.5. The lowest BCUT2D eigenvalue weighted by molar-refractivity contribution is 0.248. The van der Waals surface area contributed by atoms with Crippen molar-refractivity contribution in [2.24, 2.45) is 5.92 Å². The molecule has 0 heterocycles. The number of hydrogen-bond acceptors (Lipinski definition) is 3. The van der Waals surface area contributed by atoms with Gasteiger partial charge in [0.25, 0.3) is 0 Å². The Morgan fingerprint density at radius 2 is 2.16 bits per heavy atom. The third kappa shape index (κ3) is 3.14. The van der Waals surface area contributed by atoms with Gasteiger partial charge in [-0.15, -0.1) is 0 Å². The van der Waals surface area contributed by atoms with E-state index in [1.54, 1.807) is 12.2 Å². The van der Waals surface area contributed by atoms with Gasteiger partial charge in [-0.05, 0) is 18.6 Å². The van der Waals surface area contributed by atoms with Crippen LogP contribution < -0.4 is 4.72 Å². The zero-order valence-electron chi connectivity index (χ0n) is 9.88. The molecule has 0 radical (unpaired) electrons. The van der Waals surface area contributed by atoms with Crippen LogP contribution in [-0.2, 0) is 10.0 Å². The summed E-state index contributed by atoms with van der Waals surface area (Å²) in [6.45, 7) is -0.0414. The van der Waals surface area contributed by atoms with Crippen LogP contribution in [0.15, 0.2) is 35.2 Å². The van der Waals surface area contributed by atoms with Crippen LogP contribution in [0.3, 0.4) is 0 Å². The molecule has 0 saturated heterocycles. The minimum absolute atomic E-state index is 0.0414. The van der Waals surface area contributed by atoms with E-state index >= 15 is 0 Å². The van der Waals surface area contributed by atoms with Gasteiger partial charge in [0.05, 0.1) is 5.02 Å². The molecule has 0 aromatic heterocycles. The summed E-state index contributed by atoms with van der Waals surface area (Å²) >= 11 is 5.57. The number of nitrogens with one attached hydrogen (secondary N) is 1. The standard InChI is InChI=1S/C12H13ClFNO3S/c13-10-2-1-3-11(12(10)14)19(17,18)15-9-5-4-8(6-9)7-16/h1-5,8-9,15-16H,6-7H2/t8-,9+/m0/s1. The van der Waals surface area contributed by atoms with Crippen LogP contribution in [0.1, 0.15) is 6.42 Å². The quantitative estimate of drug-likeness (QED) is 0.832. The summed E-state index contributed by atoms with van der Waals surface area (Å²) in [7, 11) is -3.97. The van der Waals surface area contributed by atoms with Crippen molar-refractivity contribution in [3.8, 4) is 0 Å². The van der Waals surface area contributed by atoms with Gasteiger partial charge in [-0.2, -0.15) is 0 Å². The molecule has 1 aromatic carbocycles. The first kappa shape index (κ1) is 14.5. The summed E-state index contributed by atoms with van der Waals surface area (Å²) < 4.78 is 40.2. The molecule has 4 nitrogen and oxygen atoms in total. The smallest absolute Gasteiger partial charge is 0.244 e. The molecule has 0 aliphatic heterocycles. The van der Waals surface area contributed by atoms with Crippen molar-refractivity contribution in [3.05, 3.63) is 41.2 Å². The number of aliphatic hydroxyl groups is 1. The van der Waals surface area contributed by atoms with Crippen LogP contribution >= 0.6 is 11.6 Å². The van der Waals surface area contributed by atoms with Crippen LogP contribution in [-0.4, -0.2) is 26.2 Å². The normalized spacial score (nSPS) is 22.9. The average Bonchev–Trinajstić information content (AvgIpc) is 2.79. The van der Waals surface area contributed by atoms with Crippen molar-refractivity contribution in [1.29, 1.82) is 0 Å². The Labute approximate surface area is 115 Å². The highest BCUT2D eigenvalue weighted by Gasteiger charge is 2.26. The fourth-order valence-electron chi connectivity index (χ4n) is 1.95. The van der Waals surface area contributed by atoms with Gasteiger partial charge in [0.2, 0.25) is 10.0 Å². The Hall–Kier alpha value is -0.950. The van der Waals surface area contributed by atoms with Crippen molar-refractivity contribution < 1.29 is 17.9 Å². The zero-order chi connectivity index (χ0) is 14.0. The van der Waals surface area contributed by atoms with Gasteiger partial charge >= 0.3 is 0 Å². The van der Waals surface area contributed by atoms with E-state index in [1.165, 1.54) is 12.1 Å². The molecule has 1 aromatic rings. The maximum Gasteiger partial charge on any atom is 0.244 e. The van der Waals surface area contributed by atoms with Gasteiger partial charge in [0, 0.05) is 18.6 Å². The largest absolute Gasteiger partial charge is 0.396 e. The first-order valence-corrected chi connectivity index (χ1v) is 7.55. The molecule has 104 valence electrons. The van der Waals surface area contributed by atoms with Crippen molar-refractivity contribution in [2.75, 3.05) is 6.61 Å². The first-order chi connectivity index (χ1) is 8.94. The van der Waals surface area contributed by atoms with E-state index in [9.17, 15) is 12.8 Å². The summed E-state index contributed by atoms with van der Waals surface area (Å²) in [5.41, 5.74) is 0. The van der Waals surface area contributed by atoms with Crippen molar-refractivity contribution in [3.63, 3.8) is 0 Å². The molecule has 0 fully saturated rings. The zero-order valence-corrected chi connectivity index (χ0v) is 11.5. The third-order valence-corrected chi connectivity index (χ3v) is 4.72. The molecule has 0 unspecified atom stereocenters. The van der Waals surface area contributed by atoms with Gasteiger partial charge in [0.15, 0.2) is 5.82 Å². The summed E-state index contributed by atoms with van der Waals surface area (Å²) in [5.74, 6) is -1.03. The minimum atomic E-state index is -3.97. The maximum atomic E-state index is 13.7. The maximum absolute atomic E-state index is 13.7. The fourth-order valence-corrected chi connectivity index (χ4v) is 3.49. The fraction of sp³-hybridized carbons (Fsp3) is 0.333. The van der Waals surface area contributed by atoms with Crippen LogP contribution in [0.5, 0.6) is 0 Å². The van der Waals surface area contributed by atoms with Gasteiger partial charge < -0.3 is 5.11 Å². The Balaban J connectivity index is 2.20. The van der Waals surface area contributed by atoms with Crippen LogP contribution in [0, 0.1) is 11.7 Å². The molecule has 0 bridgehead atoms. The van der Waals surface area contributed by atoms with E-state index in [0.29, 0.717) is 6.42 Å². The van der Waals surface area contributed by atoms with E-state index in [2.05, 4.69) is 4.72 Å². The second kappa shape index (κ2) is 5.58. The molecule has 1 aliphatic rings. The van der Waals surface area contributed by atoms with E-state index in [1.807, 2.05) is 0 Å². The predicted octanol–water partition coefficient (Wildman–Crippen LogP) is 1.69. The average molecular weight is 306 g/mol. The molecule has 19 heavy (non-hydrogen) atoms. The van der Waals surface area contributed by atoms with Crippen LogP contribution in [0.4, 0.5) is 4.39 Å². The molecular weight excluding hydrogens is 293 g/mol. The number of hydrogen-bond donors (Lipinski definition) is 2. The van der Waals surface area contributed by atoms with E-state index in [0.717, 1.165) is 6.07 Å². The van der Waals surface area contributed by atoms with E-state index < -0.39 is 26.8 Å². The number of benzene rings is 1. The summed E-state index contributed by atoms with van der Waals surface area (Å²) in [6.07, 6.45) is 3.85. The van der Waals surface area contributed by atoms with E-state index in [4.69, 9.17) is 16.7 Å². The van der Waals surface area contributed by atoms with Gasteiger partial charge in [-0.1, -0.05) is 29.8 Å². The second-order valence-electron chi connectivity index (χ2n) is 4.34. The highest BCUT2D eigenvalue weighted by molar-refractivity contribution is 7.89. The van der Waals surface area contributed by atoms with Crippen molar-refractivity contribution in [1.82, 2.24) is 4.72 Å². The summed E-state index contributed by atoms with van der Waals surface area (Å²) in [6, 6.07) is 3.38. The van der Waals surface area contributed by atoms with Crippen LogP contribution in [0.2, 0.25) is 5.02 Å². The number of halogens is 2. The minimum Gasteiger partial charge on any atom is -0.396 e. The highest BCUT2D eigenvalue weighted by Crippen LogP contribution is 2.24. The lowest BCUT2D eigenvalue weighted by atomic mass is 10.1. The Kier molecular flexibility index (Phi) is 4.25. The third-order valence-electron chi connectivity index (χ3n) is 2.92. The first-order valence-electron chi connectivity index (χ1n) is 5.69. The predicted molar refractivity (Wildman–Crippen MR) is 69.9 cm³/mol. The van der Waals surface area contributed by atoms with Crippen molar-refractivity contribution in [2.45, 2.75) is 17.4 Å². The number of sulfonamides is 1. The van der Waals surface area contributed by atoms with E-state index in [-0.39, 0.29) is 17.5 Å². The lowest BCUT2D eigenvalue weighted by Crippen LogP contribution is -2.33.